The summed E-state index contributed by atoms with van der Waals surface area (Å²) in [5.41, 5.74) is 10.6. The van der Waals surface area contributed by atoms with Gasteiger partial charge in [-0.3, -0.25) is 0 Å². The molecule has 0 fully saturated rings. The van der Waals surface area contributed by atoms with E-state index in [1.165, 1.54) is 5.56 Å². The standard InChI is InChI=1S/C12H13BrN4/c1-7-12-9-3-2-8(13)6-10(9)11(14)4-5-17(12)16-15-7/h2-3,6,11H,4-5,14H2,1H3/t11-/m0/s1. The molecule has 0 radical (unpaired) electrons. The first kappa shape index (κ1) is 10.9. The predicted molar refractivity (Wildman–Crippen MR) is 69.4 cm³/mol. The minimum atomic E-state index is 0.0589. The Hall–Kier alpha value is -1.20. The van der Waals surface area contributed by atoms with Crippen molar-refractivity contribution in [3.8, 4) is 11.3 Å². The molecule has 1 aromatic heterocycles. The zero-order valence-electron chi connectivity index (χ0n) is 9.52. The fraction of sp³-hybridized carbons (Fsp3) is 0.333. The van der Waals surface area contributed by atoms with E-state index in [4.69, 9.17) is 5.73 Å². The van der Waals surface area contributed by atoms with Gasteiger partial charge in [0.2, 0.25) is 0 Å². The minimum absolute atomic E-state index is 0.0589. The maximum Gasteiger partial charge on any atom is 0.0918 e. The molecule has 17 heavy (non-hydrogen) atoms. The second-order valence-electron chi connectivity index (χ2n) is 4.37. The summed E-state index contributed by atoms with van der Waals surface area (Å²) in [6, 6.07) is 6.28. The van der Waals surface area contributed by atoms with Gasteiger partial charge in [-0.2, -0.15) is 0 Å². The third kappa shape index (κ3) is 1.70. The summed E-state index contributed by atoms with van der Waals surface area (Å²) in [6.45, 7) is 2.81. The SMILES string of the molecule is Cc1nnn2c1-c1ccc(Br)cc1[C@@H](N)CC2. The molecule has 0 saturated heterocycles. The molecule has 0 unspecified atom stereocenters. The second-order valence-corrected chi connectivity index (χ2v) is 5.29. The quantitative estimate of drug-likeness (QED) is 0.811. The predicted octanol–water partition coefficient (Wildman–Crippen LogP) is 2.42. The van der Waals surface area contributed by atoms with Crippen molar-refractivity contribution < 1.29 is 0 Å². The van der Waals surface area contributed by atoms with E-state index in [1.54, 1.807) is 0 Å². The summed E-state index contributed by atoms with van der Waals surface area (Å²) in [6.07, 6.45) is 0.888. The van der Waals surface area contributed by atoms with Crippen LogP contribution in [0, 0.1) is 6.92 Å². The average Bonchev–Trinajstić information content (AvgIpc) is 2.61. The van der Waals surface area contributed by atoms with Crippen molar-refractivity contribution in [1.82, 2.24) is 15.0 Å². The zero-order chi connectivity index (χ0) is 12.0. The second kappa shape index (κ2) is 3.92. The number of aryl methyl sites for hydroxylation is 2. The fourth-order valence-corrected chi connectivity index (χ4v) is 2.74. The van der Waals surface area contributed by atoms with E-state index in [2.05, 4.69) is 38.4 Å². The van der Waals surface area contributed by atoms with Crippen LogP contribution in [0.1, 0.15) is 23.7 Å². The van der Waals surface area contributed by atoms with Gasteiger partial charge in [-0.15, -0.1) is 5.10 Å². The highest BCUT2D eigenvalue weighted by atomic mass is 79.9. The van der Waals surface area contributed by atoms with Crippen LogP contribution in [-0.2, 0) is 6.54 Å². The Bertz CT molecular complexity index is 576. The number of fused-ring (bicyclic) bond motifs is 3. The van der Waals surface area contributed by atoms with Crippen LogP contribution in [0.4, 0.5) is 0 Å². The van der Waals surface area contributed by atoms with Crippen molar-refractivity contribution in [3.63, 3.8) is 0 Å². The lowest BCUT2D eigenvalue weighted by atomic mass is 9.97. The van der Waals surface area contributed by atoms with Crippen LogP contribution in [0.5, 0.6) is 0 Å². The number of rotatable bonds is 0. The van der Waals surface area contributed by atoms with E-state index < -0.39 is 0 Å². The van der Waals surface area contributed by atoms with Gasteiger partial charge in [-0.05, 0) is 31.0 Å². The van der Waals surface area contributed by atoms with E-state index in [9.17, 15) is 0 Å². The number of hydrogen-bond donors (Lipinski definition) is 1. The maximum atomic E-state index is 6.22. The molecule has 2 N–H and O–H groups in total. The normalized spacial score (nSPS) is 18.4. The van der Waals surface area contributed by atoms with Gasteiger partial charge in [0.05, 0.1) is 11.4 Å². The first-order valence-corrected chi connectivity index (χ1v) is 6.41. The number of halogens is 1. The fourth-order valence-electron chi connectivity index (χ4n) is 2.36. The van der Waals surface area contributed by atoms with Crippen molar-refractivity contribution in [3.05, 3.63) is 33.9 Å². The largest absolute Gasteiger partial charge is 0.324 e. The van der Waals surface area contributed by atoms with Crippen molar-refractivity contribution in [1.29, 1.82) is 0 Å². The highest BCUT2D eigenvalue weighted by molar-refractivity contribution is 9.10. The first-order chi connectivity index (χ1) is 8.16. The Kier molecular flexibility index (Phi) is 2.52. The van der Waals surface area contributed by atoms with Crippen LogP contribution in [0.15, 0.2) is 22.7 Å². The van der Waals surface area contributed by atoms with Crippen LogP contribution in [-0.4, -0.2) is 15.0 Å². The van der Waals surface area contributed by atoms with Crippen LogP contribution in [0.2, 0.25) is 0 Å². The molecule has 0 spiro atoms. The molecule has 0 amide bonds. The Morgan fingerprint density at radius 1 is 1.47 bits per heavy atom. The van der Waals surface area contributed by atoms with Crippen LogP contribution in [0.25, 0.3) is 11.3 Å². The van der Waals surface area contributed by atoms with Crippen molar-refractivity contribution in [2.45, 2.75) is 25.9 Å². The number of benzene rings is 1. The molecule has 1 aliphatic rings. The Morgan fingerprint density at radius 2 is 2.29 bits per heavy atom. The minimum Gasteiger partial charge on any atom is -0.324 e. The third-order valence-electron chi connectivity index (χ3n) is 3.22. The summed E-state index contributed by atoms with van der Waals surface area (Å²) in [5.74, 6) is 0. The lowest BCUT2D eigenvalue weighted by molar-refractivity contribution is 0.524. The van der Waals surface area contributed by atoms with Crippen LogP contribution in [0.3, 0.4) is 0 Å². The molecule has 0 aliphatic carbocycles. The number of hydrogen-bond acceptors (Lipinski definition) is 3. The molecule has 1 aliphatic heterocycles. The summed E-state index contributed by atoms with van der Waals surface area (Å²) in [5, 5.41) is 8.32. The molecule has 0 saturated carbocycles. The molecule has 88 valence electrons. The number of aromatic nitrogens is 3. The average molecular weight is 293 g/mol. The van der Waals surface area contributed by atoms with Gasteiger partial charge in [-0.1, -0.05) is 27.2 Å². The topological polar surface area (TPSA) is 56.7 Å². The van der Waals surface area contributed by atoms with Gasteiger partial charge >= 0.3 is 0 Å². The Balaban J connectivity index is 2.30. The summed E-state index contributed by atoms with van der Waals surface area (Å²) < 4.78 is 3.01. The molecular formula is C12H13BrN4. The van der Waals surface area contributed by atoms with Gasteiger partial charge in [0.1, 0.15) is 0 Å². The van der Waals surface area contributed by atoms with Crippen molar-refractivity contribution in [2.75, 3.05) is 0 Å². The highest BCUT2D eigenvalue weighted by Gasteiger charge is 2.22. The van der Waals surface area contributed by atoms with Crippen LogP contribution < -0.4 is 5.73 Å². The molecular weight excluding hydrogens is 280 g/mol. The molecule has 5 heteroatoms. The monoisotopic (exact) mass is 292 g/mol. The number of nitrogens with zero attached hydrogens (tertiary/aromatic N) is 3. The lowest BCUT2D eigenvalue weighted by Crippen LogP contribution is -2.11. The molecule has 2 aromatic rings. The molecule has 1 aromatic carbocycles. The molecule has 3 rings (SSSR count). The van der Waals surface area contributed by atoms with E-state index >= 15 is 0 Å². The lowest BCUT2D eigenvalue weighted by Gasteiger charge is -2.12. The van der Waals surface area contributed by atoms with Gasteiger partial charge in [0.15, 0.2) is 0 Å². The molecule has 1 atom stereocenters. The Labute approximate surface area is 108 Å². The smallest absolute Gasteiger partial charge is 0.0918 e. The van der Waals surface area contributed by atoms with Gasteiger partial charge in [0.25, 0.3) is 0 Å². The summed E-state index contributed by atoms with van der Waals surface area (Å²) in [4.78, 5) is 0. The van der Waals surface area contributed by atoms with Gasteiger partial charge in [-0.25, -0.2) is 4.68 Å². The molecule has 4 nitrogen and oxygen atoms in total. The maximum absolute atomic E-state index is 6.22. The van der Waals surface area contributed by atoms with Crippen molar-refractivity contribution >= 4 is 15.9 Å². The first-order valence-electron chi connectivity index (χ1n) is 5.62. The Morgan fingerprint density at radius 3 is 3.12 bits per heavy atom. The molecule has 2 heterocycles. The zero-order valence-corrected chi connectivity index (χ0v) is 11.1. The van der Waals surface area contributed by atoms with Crippen molar-refractivity contribution in [2.24, 2.45) is 5.73 Å². The third-order valence-corrected chi connectivity index (χ3v) is 3.72. The van der Waals surface area contributed by atoms with E-state index in [-0.39, 0.29) is 6.04 Å². The van der Waals surface area contributed by atoms with Gasteiger partial charge in [0, 0.05) is 22.6 Å². The van der Waals surface area contributed by atoms with E-state index in [1.807, 2.05) is 17.7 Å². The van der Waals surface area contributed by atoms with Gasteiger partial charge < -0.3 is 5.73 Å². The summed E-state index contributed by atoms with van der Waals surface area (Å²) >= 11 is 3.50. The van der Waals surface area contributed by atoms with E-state index in [0.29, 0.717) is 0 Å². The highest BCUT2D eigenvalue weighted by Crippen LogP contribution is 2.35. The van der Waals surface area contributed by atoms with E-state index in [0.717, 1.165) is 34.4 Å². The van der Waals surface area contributed by atoms with Crippen LogP contribution >= 0.6 is 15.9 Å². The molecule has 0 bridgehead atoms. The number of nitrogens with two attached hydrogens (primary N) is 1. The summed E-state index contributed by atoms with van der Waals surface area (Å²) in [7, 11) is 0.